The second kappa shape index (κ2) is 3.89. The highest BCUT2D eigenvalue weighted by molar-refractivity contribution is 5.88. The number of ether oxygens (including phenoxy) is 1. The van der Waals surface area contributed by atoms with Crippen molar-refractivity contribution in [1.82, 2.24) is 10.2 Å². The van der Waals surface area contributed by atoms with Crippen LogP contribution in [0.2, 0.25) is 0 Å². The molecule has 1 N–H and O–H groups in total. The van der Waals surface area contributed by atoms with E-state index in [1.807, 2.05) is 6.08 Å². The standard InChI is InChI=1S/C9H14N2O2/c12-8-3-1-2-5-11(8)9-7-10-4-6-13-9/h1,3,9-10H,2,4-7H2. The van der Waals surface area contributed by atoms with Gasteiger partial charge in [0, 0.05) is 19.6 Å². The van der Waals surface area contributed by atoms with Gasteiger partial charge in [0.05, 0.1) is 6.61 Å². The van der Waals surface area contributed by atoms with E-state index >= 15 is 0 Å². The smallest absolute Gasteiger partial charge is 0.248 e. The van der Waals surface area contributed by atoms with E-state index in [4.69, 9.17) is 4.74 Å². The molecule has 0 saturated carbocycles. The van der Waals surface area contributed by atoms with Gasteiger partial charge in [-0.05, 0) is 12.5 Å². The molecule has 0 aromatic heterocycles. The largest absolute Gasteiger partial charge is 0.356 e. The molecule has 1 fully saturated rings. The monoisotopic (exact) mass is 182 g/mol. The van der Waals surface area contributed by atoms with Gasteiger partial charge in [0.25, 0.3) is 0 Å². The summed E-state index contributed by atoms with van der Waals surface area (Å²) in [5.74, 6) is 0.0694. The van der Waals surface area contributed by atoms with E-state index in [9.17, 15) is 4.79 Å². The summed E-state index contributed by atoms with van der Waals surface area (Å²) >= 11 is 0. The molecule has 0 aromatic rings. The summed E-state index contributed by atoms with van der Waals surface area (Å²) in [4.78, 5) is 13.2. The molecular weight excluding hydrogens is 168 g/mol. The van der Waals surface area contributed by atoms with Gasteiger partial charge in [0.2, 0.25) is 5.91 Å². The van der Waals surface area contributed by atoms with E-state index in [0.29, 0.717) is 6.61 Å². The maximum Gasteiger partial charge on any atom is 0.248 e. The Balaban J connectivity index is 1.98. The Morgan fingerprint density at radius 1 is 1.62 bits per heavy atom. The average Bonchev–Trinajstić information content (AvgIpc) is 2.20. The highest BCUT2D eigenvalue weighted by Gasteiger charge is 2.25. The zero-order valence-electron chi connectivity index (χ0n) is 7.53. The molecule has 72 valence electrons. The first-order valence-electron chi connectivity index (χ1n) is 4.67. The van der Waals surface area contributed by atoms with Crippen molar-refractivity contribution in [3.63, 3.8) is 0 Å². The van der Waals surface area contributed by atoms with Gasteiger partial charge in [-0.1, -0.05) is 6.08 Å². The maximum atomic E-state index is 11.4. The second-order valence-corrected chi connectivity index (χ2v) is 3.25. The molecule has 1 unspecified atom stereocenters. The van der Waals surface area contributed by atoms with Gasteiger partial charge in [-0.25, -0.2) is 0 Å². The van der Waals surface area contributed by atoms with Crippen LogP contribution in [0.15, 0.2) is 12.2 Å². The number of nitrogens with one attached hydrogen (secondary N) is 1. The lowest BCUT2D eigenvalue weighted by molar-refractivity contribution is -0.144. The first-order valence-corrected chi connectivity index (χ1v) is 4.67. The molecule has 0 bridgehead atoms. The predicted octanol–water partition coefficient (Wildman–Crippen LogP) is -0.279. The van der Waals surface area contributed by atoms with Crippen LogP contribution in [-0.2, 0) is 9.53 Å². The number of amides is 1. The fourth-order valence-electron chi connectivity index (χ4n) is 1.64. The van der Waals surface area contributed by atoms with Gasteiger partial charge in [-0.2, -0.15) is 0 Å². The molecule has 2 aliphatic heterocycles. The lowest BCUT2D eigenvalue weighted by atomic mass is 10.2. The van der Waals surface area contributed by atoms with Crippen LogP contribution in [0.5, 0.6) is 0 Å². The minimum atomic E-state index is -0.0637. The Morgan fingerprint density at radius 3 is 3.23 bits per heavy atom. The second-order valence-electron chi connectivity index (χ2n) is 3.25. The SMILES string of the molecule is O=C1C=CCCN1C1CNCCO1. The van der Waals surface area contributed by atoms with Gasteiger partial charge in [0.1, 0.15) is 6.23 Å². The fraction of sp³-hybridized carbons (Fsp3) is 0.667. The maximum absolute atomic E-state index is 11.4. The van der Waals surface area contributed by atoms with E-state index in [-0.39, 0.29) is 12.1 Å². The topological polar surface area (TPSA) is 41.6 Å². The number of carbonyl (C=O) groups is 1. The summed E-state index contributed by atoms with van der Waals surface area (Å²) in [5, 5.41) is 3.21. The third-order valence-electron chi connectivity index (χ3n) is 2.34. The van der Waals surface area contributed by atoms with Crippen molar-refractivity contribution in [3.05, 3.63) is 12.2 Å². The molecule has 1 saturated heterocycles. The van der Waals surface area contributed by atoms with Crippen molar-refractivity contribution in [3.8, 4) is 0 Å². The third-order valence-corrected chi connectivity index (χ3v) is 2.34. The summed E-state index contributed by atoms with van der Waals surface area (Å²) in [6, 6.07) is 0. The molecule has 0 aliphatic carbocycles. The number of hydrogen-bond acceptors (Lipinski definition) is 3. The first-order chi connectivity index (χ1) is 6.38. The molecule has 2 heterocycles. The van der Waals surface area contributed by atoms with Crippen LogP contribution in [0, 0.1) is 0 Å². The first kappa shape index (κ1) is 8.72. The molecule has 1 amide bonds. The lowest BCUT2D eigenvalue weighted by Crippen LogP contribution is -2.52. The highest BCUT2D eigenvalue weighted by Crippen LogP contribution is 2.10. The third kappa shape index (κ3) is 1.89. The van der Waals surface area contributed by atoms with Crippen molar-refractivity contribution in [2.75, 3.05) is 26.2 Å². The van der Waals surface area contributed by atoms with Crippen LogP contribution in [0.25, 0.3) is 0 Å². The molecule has 4 heteroatoms. The Kier molecular flexibility index (Phi) is 2.61. The highest BCUT2D eigenvalue weighted by atomic mass is 16.5. The van der Waals surface area contributed by atoms with Crippen LogP contribution in [0.3, 0.4) is 0 Å². The van der Waals surface area contributed by atoms with E-state index in [0.717, 1.165) is 26.1 Å². The fourth-order valence-corrected chi connectivity index (χ4v) is 1.64. The summed E-state index contributed by atoms with van der Waals surface area (Å²) < 4.78 is 5.50. The average molecular weight is 182 g/mol. The van der Waals surface area contributed by atoms with Crippen molar-refractivity contribution >= 4 is 5.91 Å². The number of morpholine rings is 1. The van der Waals surface area contributed by atoms with Crippen LogP contribution >= 0.6 is 0 Å². The van der Waals surface area contributed by atoms with Gasteiger partial charge < -0.3 is 15.0 Å². The summed E-state index contributed by atoms with van der Waals surface area (Å²) in [6.07, 6.45) is 4.41. The van der Waals surface area contributed by atoms with Gasteiger partial charge >= 0.3 is 0 Å². The van der Waals surface area contributed by atoms with Gasteiger partial charge in [0.15, 0.2) is 0 Å². The van der Waals surface area contributed by atoms with Crippen molar-refractivity contribution in [2.45, 2.75) is 12.6 Å². The molecule has 2 aliphatic rings. The minimum Gasteiger partial charge on any atom is -0.356 e. The molecule has 1 atom stereocenters. The molecule has 0 radical (unpaired) electrons. The van der Waals surface area contributed by atoms with Gasteiger partial charge in [-0.3, -0.25) is 4.79 Å². The summed E-state index contributed by atoms with van der Waals surface area (Å²) in [6.45, 7) is 3.10. The summed E-state index contributed by atoms with van der Waals surface area (Å²) in [7, 11) is 0. The summed E-state index contributed by atoms with van der Waals surface area (Å²) in [5.41, 5.74) is 0. The number of hydrogen-bond donors (Lipinski definition) is 1. The minimum absolute atomic E-state index is 0.0637. The molecule has 0 aromatic carbocycles. The number of rotatable bonds is 1. The number of carbonyl (C=O) groups excluding carboxylic acids is 1. The van der Waals surface area contributed by atoms with E-state index < -0.39 is 0 Å². The van der Waals surface area contributed by atoms with Gasteiger partial charge in [-0.15, -0.1) is 0 Å². The van der Waals surface area contributed by atoms with E-state index in [1.54, 1.807) is 11.0 Å². The zero-order chi connectivity index (χ0) is 9.10. The molecular formula is C9H14N2O2. The van der Waals surface area contributed by atoms with E-state index in [1.165, 1.54) is 0 Å². The Bertz CT molecular complexity index is 222. The van der Waals surface area contributed by atoms with Crippen molar-refractivity contribution < 1.29 is 9.53 Å². The Labute approximate surface area is 77.5 Å². The van der Waals surface area contributed by atoms with Crippen LogP contribution in [0.4, 0.5) is 0 Å². The van der Waals surface area contributed by atoms with Crippen LogP contribution in [0.1, 0.15) is 6.42 Å². The predicted molar refractivity (Wildman–Crippen MR) is 48.1 cm³/mol. The molecule has 4 nitrogen and oxygen atoms in total. The Hall–Kier alpha value is -0.870. The van der Waals surface area contributed by atoms with Crippen LogP contribution < -0.4 is 5.32 Å². The van der Waals surface area contributed by atoms with Crippen molar-refractivity contribution in [2.24, 2.45) is 0 Å². The van der Waals surface area contributed by atoms with Crippen LogP contribution in [-0.4, -0.2) is 43.3 Å². The molecule has 13 heavy (non-hydrogen) atoms. The molecule has 0 spiro atoms. The zero-order valence-corrected chi connectivity index (χ0v) is 7.53. The lowest BCUT2D eigenvalue weighted by Gasteiger charge is -2.34. The normalized spacial score (nSPS) is 29.4. The quantitative estimate of drug-likeness (QED) is 0.606. The Morgan fingerprint density at radius 2 is 2.54 bits per heavy atom. The van der Waals surface area contributed by atoms with E-state index in [2.05, 4.69) is 5.32 Å². The number of nitrogens with zero attached hydrogens (tertiary/aromatic N) is 1. The van der Waals surface area contributed by atoms with Crippen molar-refractivity contribution in [1.29, 1.82) is 0 Å². The molecule has 2 rings (SSSR count).